The first kappa shape index (κ1) is 17.8. The minimum absolute atomic E-state index is 0.0937. The van der Waals surface area contributed by atoms with Crippen LogP contribution in [0.4, 0.5) is 18.9 Å². The topological polar surface area (TPSA) is 20.3 Å². The van der Waals surface area contributed by atoms with E-state index in [-0.39, 0.29) is 18.7 Å². The van der Waals surface area contributed by atoms with Gasteiger partial charge in [0.1, 0.15) is 0 Å². The Labute approximate surface area is 145 Å². The van der Waals surface area contributed by atoms with Crippen molar-refractivity contribution in [3.63, 3.8) is 0 Å². The van der Waals surface area contributed by atoms with Crippen molar-refractivity contribution in [2.45, 2.75) is 38.8 Å². The molecule has 25 heavy (non-hydrogen) atoms. The fourth-order valence-corrected chi connectivity index (χ4v) is 3.82. The molecule has 1 aliphatic carbocycles. The molecule has 2 unspecified atom stereocenters. The SMILES string of the molecule is CCN(C(=O)C1CCCC(C(F)(F)F)C1)c1cccc2ccccc12. The van der Waals surface area contributed by atoms with Crippen LogP contribution < -0.4 is 4.90 Å². The van der Waals surface area contributed by atoms with Crippen LogP contribution in [0.5, 0.6) is 0 Å². The molecule has 2 aromatic carbocycles. The number of anilines is 1. The predicted molar refractivity (Wildman–Crippen MR) is 93.5 cm³/mol. The zero-order valence-corrected chi connectivity index (χ0v) is 14.2. The quantitative estimate of drug-likeness (QED) is 0.710. The number of fused-ring (bicyclic) bond motifs is 1. The summed E-state index contributed by atoms with van der Waals surface area (Å²) in [4.78, 5) is 14.6. The first-order valence-electron chi connectivity index (χ1n) is 8.77. The minimum Gasteiger partial charge on any atom is -0.312 e. The zero-order chi connectivity index (χ0) is 18.0. The summed E-state index contributed by atoms with van der Waals surface area (Å²) in [5, 5.41) is 1.96. The molecule has 1 aliphatic rings. The highest BCUT2D eigenvalue weighted by molar-refractivity contribution is 6.04. The fourth-order valence-electron chi connectivity index (χ4n) is 3.82. The van der Waals surface area contributed by atoms with Gasteiger partial charge in [0, 0.05) is 17.8 Å². The number of hydrogen-bond donors (Lipinski definition) is 0. The highest BCUT2D eigenvalue weighted by Gasteiger charge is 2.44. The number of alkyl halides is 3. The summed E-state index contributed by atoms with van der Waals surface area (Å²) in [7, 11) is 0. The normalized spacial score (nSPS) is 21.3. The molecule has 134 valence electrons. The van der Waals surface area contributed by atoms with Crippen molar-refractivity contribution in [3.8, 4) is 0 Å². The second-order valence-electron chi connectivity index (χ2n) is 6.68. The molecule has 0 bridgehead atoms. The largest absolute Gasteiger partial charge is 0.391 e. The van der Waals surface area contributed by atoms with Crippen LogP contribution in [0.3, 0.4) is 0 Å². The summed E-state index contributed by atoms with van der Waals surface area (Å²) in [6.45, 7) is 2.31. The molecule has 3 rings (SSSR count). The number of benzene rings is 2. The Morgan fingerprint density at radius 3 is 2.56 bits per heavy atom. The van der Waals surface area contributed by atoms with Crippen molar-refractivity contribution in [2.75, 3.05) is 11.4 Å². The highest BCUT2D eigenvalue weighted by Crippen LogP contribution is 2.41. The molecule has 2 atom stereocenters. The molecular formula is C20H22F3NO. The molecule has 0 aromatic heterocycles. The lowest BCUT2D eigenvalue weighted by Crippen LogP contribution is -2.40. The van der Waals surface area contributed by atoms with Crippen LogP contribution in [0.25, 0.3) is 10.8 Å². The van der Waals surface area contributed by atoms with Gasteiger partial charge in [-0.2, -0.15) is 13.2 Å². The second-order valence-corrected chi connectivity index (χ2v) is 6.68. The number of halogens is 3. The van der Waals surface area contributed by atoms with Crippen LogP contribution in [0.1, 0.15) is 32.6 Å². The Bertz CT molecular complexity index is 751. The van der Waals surface area contributed by atoms with E-state index >= 15 is 0 Å². The highest BCUT2D eigenvalue weighted by atomic mass is 19.4. The van der Waals surface area contributed by atoms with Gasteiger partial charge in [-0.15, -0.1) is 0 Å². The monoisotopic (exact) mass is 349 g/mol. The van der Waals surface area contributed by atoms with Gasteiger partial charge >= 0.3 is 6.18 Å². The van der Waals surface area contributed by atoms with E-state index in [9.17, 15) is 18.0 Å². The number of hydrogen-bond acceptors (Lipinski definition) is 1. The van der Waals surface area contributed by atoms with Crippen molar-refractivity contribution in [1.82, 2.24) is 0 Å². The lowest BCUT2D eigenvalue weighted by molar-refractivity contribution is -0.186. The molecule has 5 heteroatoms. The smallest absolute Gasteiger partial charge is 0.312 e. The number of rotatable bonds is 3. The van der Waals surface area contributed by atoms with Crippen molar-refractivity contribution >= 4 is 22.4 Å². The van der Waals surface area contributed by atoms with Gasteiger partial charge in [-0.1, -0.05) is 42.8 Å². The Kier molecular flexibility index (Phi) is 5.02. The molecule has 2 nitrogen and oxygen atoms in total. The maximum atomic E-state index is 13.1. The molecule has 1 amide bonds. The summed E-state index contributed by atoms with van der Waals surface area (Å²) in [6, 6.07) is 13.5. The fraction of sp³-hybridized carbons (Fsp3) is 0.450. The lowest BCUT2D eigenvalue weighted by atomic mass is 9.80. The van der Waals surface area contributed by atoms with Gasteiger partial charge in [-0.3, -0.25) is 4.79 Å². The van der Waals surface area contributed by atoms with Crippen LogP contribution in [-0.2, 0) is 4.79 Å². The standard InChI is InChI=1S/C20H22F3NO/c1-2-24(18-12-6-8-14-7-3-4-11-17(14)18)19(25)15-9-5-10-16(13-15)20(21,22)23/h3-4,6-8,11-12,15-16H,2,5,9-10,13H2,1H3. The molecule has 0 spiro atoms. The van der Waals surface area contributed by atoms with Gasteiger partial charge in [0.25, 0.3) is 0 Å². The molecule has 0 saturated heterocycles. The van der Waals surface area contributed by atoms with E-state index in [2.05, 4.69) is 0 Å². The summed E-state index contributed by atoms with van der Waals surface area (Å²) in [6.07, 6.45) is -3.19. The van der Waals surface area contributed by atoms with Gasteiger partial charge < -0.3 is 4.90 Å². The van der Waals surface area contributed by atoms with Gasteiger partial charge in [-0.05, 0) is 37.6 Å². The summed E-state index contributed by atoms with van der Waals surface area (Å²) in [5.41, 5.74) is 0.778. The van der Waals surface area contributed by atoms with E-state index in [0.717, 1.165) is 16.5 Å². The summed E-state index contributed by atoms with van der Waals surface area (Å²) in [5.74, 6) is -2.10. The van der Waals surface area contributed by atoms with Gasteiger partial charge in [0.2, 0.25) is 5.91 Å². The van der Waals surface area contributed by atoms with E-state index in [1.165, 1.54) is 0 Å². The van der Waals surface area contributed by atoms with Gasteiger partial charge in [0.15, 0.2) is 0 Å². The molecular weight excluding hydrogens is 327 g/mol. The molecule has 0 N–H and O–H groups in total. The van der Waals surface area contributed by atoms with Crippen LogP contribution >= 0.6 is 0 Å². The van der Waals surface area contributed by atoms with E-state index in [1.807, 2.05) is 49.4 Å². The molecule has 0 heterocycles. The van der Waals surface area contributed by atoms with E-state index in [1.54, 1.807) is 4.90 Å². The Morgan fingerprint density at radius 1 is 1.12 bits per heavy atom. The third-order valence-corrected chi connectivity index (χ3v) is 5.13. The van der Waals surface area contributed by atoms with Crippen molar-refractivity contribution in [3.05, 3.63) is 42.5 Å². The number of carbonyl (C=O) groups is 1. The zero-order valence-electron chi connectivity index (χ0n) is 14.2. The third kappa shape index (κ3) is 3.65. The first-order valence-corrected chi connectivity index (χ1v) is 8.77. The van der Waals surface area contributed by atoms with Crippen LogP contribution in [0, 0.1) is 11.8 Å². The van der Waals surface area contributed by atoms with E-state index in [0.29, 0.717) is 19.4 Å². The third-order valence-electron chi connectivity index (χ3n) is 5.13. The maximum absolute atomic E-state index is 13.1. The summed E-state index contributed by atoms with van der Waals surface area (Å²) < 4.78 is 39.2. The average molecular weight is 349 g/mol. The molecule has 0 radical (unpaired) electrons. The summed E-state index contributed by atoms with van der Waals surface area (Å²) >= 11 is 0. The van der Waals surface area contributed by atoms with Crippen LogP contribution in [0.15, 0.2) is 42.5 Å². The average Bonchev–Trinajstić information content (AvgIpc) is 2.62. The molecule has 1 fully saturated rings. The first-order chi connectivity index (χ1) is 11.9. The van der Waals surface area contributed by atoms with E-state index < -0.39 is 18.0 Å². The van der Waals surface area contributed by atoms with Crippen LogP contribution in [0.2, 0.25) is 0 Å². The van der Waals surface area contributed by atoms with Crippen molar-refractivity contribution in [2.24, 2.45) is 11.8 Å². The van der Waals surface area contributed by atoms with Gasteiger partial charge in [0.05, 0.1) is 11.6 Å². The van der Waals surface area contributed by atoms with Crippen LogP contribution in [-0.4, -0.2) is 18.6 Å². The molecule has 1 saturated carbocycles. The predicted octanol–water partition coefficient (Wildman–Crippen LogP) is 5.56. The Balaban J connectivity index is 1.88. The Morgan fingerprint density at radius 2 is 1.84 bits per heavy atom. The van der Waals surface area contributed by atoms with Gasteiger partial charge in [-0.25, -0.2) is 0 Å². The van der Waals surface area contributed by atoms with Crippen molar-refractivity contribution < 1.29 is 18.0 Å². The molecule has 2 aromatic rings. The number of carbonyl (C=O) groups excluding carboxylic acids is 1. The second kappa shape index (κ2) is 7.06. The molecule has 0 aliphatic heterocycles. The number of amides is 1. The Hall–Kier alpha value is -2.04. The van der Waals surface area contributed by atoms with Crippen molar-refractivity contribution in [1.29, 1.82) is 0 Å². The lowest BCUT2D eigenvalue weighted by Gasteiger charge is -2.33. The minimum atomic E-state index is -4.21. The maximum Gasteiger partial charge on any atom is 0.391 e. The number of nitrogens with zero attached hydrogens (tertiary/aromatic N) is 1. The van der Waals surface area contributed by atoms with E-state index in [4.69, 9.17) is 0 Å².